The molecule has 0 saturated carbocycles. The van der Waals surface area contributed by atoms with Crippen LogP contribution in [0.3, 0.4) is 0 Å². The van der Waals surface area contributed by atoms with Crippen LogP contribution in [0.5, 0.6) is 17.2 Å². The Morgan fingerprint density at radius 1 is 1.00 bits per heavy atom. The minimum absolute atomic E-state index is 0.0750. The van der Waals surface area contributed by atoms with Crippen LogP contribution in [-0.4, -0.2) is 26.2 Å². The van der Waals surface area contributed by atoms with E-state index in [2.05, 4.69) is 5.32 Å². The molecule has 1 amide bonds. The van der Waals surface area contributed by atoms with Gasteiger partial charge in [0.1, 0.15) is 17.2 Å². The number of benzene rings is 2. The fourth-order valence-electron chi connectivity index (χ4n) is 1.91. The average molecular weight is 315 g/mol. The third-order valence-corrected chi connectivity index (χ3v) is 3.05. The normalized spacial score (nSPS) is 10.0. The van der Waals surface area contributed by atoms with Crippen LogP contribution in [0.25, 0.3) is 0 Å². The van der Waals surface area contributed by atoms with Gasteiger partial charge in [-0.05, 0) is 42.8 Å². The summed E-state index contributed by atoms with van der Waals surface area (Å²) in [5.74, 6) is 1.76. The van der Waals surface area contributed by atoms with Crippen molar-refractivity contribution in [3.63, 3.8) is 0 Å². The molecule has 0 bridgehead atoms. The number of carbonyl (C=O) groups is 1. The number of ether oxygens (including phenoxy) is 3. The van der Waals surface area contributed by atoms with Crippen molar-refractivity contribution in [1.82, 2.24) is 0 Å². The van der Waals surface area contributed by atoms with Crippen molar-refractivity contribution in [2.24, 2.45) is 0 Å². The third-order valence-electron chi connectivity index (χ3n) is 3.05. The van der Waals surface area contributed by atoms with Gasteiger partial charge >= 0.3 is 0 Å². The van der Waals surface area contributed by atoms with Crippen molar-refractivity contribution >= 4 is 11.6 Å². The number of rotatable bonds is 8. The van der Waals surface area contributed by atoms with Gasteiger partial charge in [-0.3, -0.25) is 4.79 Å². The zero-order valence-corrected chi connectivity index (χ0v) is 13.4. The van der Waals surface area contributed by atoms with Gasteiger partial charge in [0.05, 0.1) is 19.4 Å². The lowest BCUT2D eigenvalue weighted by molar-refractivity contribution is -0.118. The van der Waals surface area contributed by atoms with Crippen LogP contribution in [0.15, 0.2) is 48.5 Å². The van der Waals surface area contributed by atoms with Crippen molar-refractivity contribution in [2.45, 2.75) is 13.3 Å². The van der Waals surface area contributed by atoms with E-state index < -0.39 is 0 Å². The largest absolute Gasteiger partial charge is 0.497 e. The standard InChI is InChI=1S/C18H21NO4/c1-3-12-22-17-7-5-4-6-16(17)19-18(20)13-23-15-10-8-14(21-2)9-11-15/h4-11H,3,12-13H2,1-2H3,(H,19,20). The minimum atomic E-state index is -0.242. The van der Waals surface area contributed by atoms with E-state index in [-0.39, 0.29) is 12.5 Å². The van der Waals surface area contributed by atoms with Crippen LogP contribution in [0, 0.1) is 0 Å². The Morgan fingerprint density at radius 2 is 1.70 bits per heavy atom. The summed E-state index contributed by atoms with van der Waals surface area (Å²) in [5.41, 5.74) is 0.643. The van der Waals surface area contributed by atoms with Gasteiger partial charge in [-0.15, -0.1) is 0 Å². The molecule has 5 nitrogen and oxygen atoms in total. The average Bonchev–Trinajstić information content (AvgIpc) is 2.59. The number of hydrogen-bond acceptors (Lipinski definition) is 4. The summed E-state index contributed by atoms with van der Waals surface area (Å²) >= 11 is 0. The molecule has 0 atom stereocenters. The van der Waals surface area contributed by atoms with E-state index in [0.717, 1.165) is 12.2 Å². The molecular formula is C18H21NO4. The van der Waals surface area contributed by atoms with E-state index in [1.54, 1.807) is 37.4 Å². The molecule has 122 valence electrons. The number of carbonyl (C=O) groups excluding carboxylic acids is 1. The Bertz CT molecular complexity index is 625. The molecule has 5 heteroatoms. The molecule has 23 heavy (non-hydrogen) atoms. The van der Waals surface area contributed by atoms with Gasteiger partial charge in [0, 0.05) is 0 Å². The molecule has 0 aliphatic heterocycles. The first kappa shape index (κ1) is 16.7. The highest BCUT2D eigenvalue weighted by Gasteiger charge is 2.08. The second-order valence-electron chi connectivity index (χ2n) is 4.86. The molecule has 0 aromatic heterocycles. The Hall–Kier alpha value is -2.69. The molecule has 2 aromatic carbocycles. The van der Waals surface area contributed by atoms with E-state index in [9.17, 15) is 4.79 Å². The summed E-state index contributed by atoms with van der Waals surface area (Å²) in [6.07, 6.45) is 0.906. The van der Waals surface area contributed by atoms with Crippen molar-refractivity contribution < 1.29 is 19.0 Å². The molecule has 0 aliphatic carbocycles. The third kappa shape index (κ3) is 5.21. The van der Waals surface area contributed by atoms with Crippen LogP contribution in [-0.2, 0) is 4.79 Å². The highest BCUT2D eigenvalue weighted by atomic mass is 16.5. The number of nitrogens with one attached hydrogen (secondary N) is 1. The molecule has 0 radical (unpaired) electrons. The predicted molar refractivity (Wildman–Crippen MR) is 89.3 cm³/mol. The van der Waals surface area contributed by atoms with Crippen LogP contribution < -0.4 is 19.5 Å². The molecule has 0 heterocycles. The van der Waals surface area contributed by atoms with Gasteiger partial charge in [0.15, 0.2) is 6.61 Å². The molecule has 0 fully saturated rings. The van der Waals surface area contributed by atoms with Crippen LogP contribution in [0.2, 0.25) is 0 Å². The smallest absolute Gasteiger partial charge is 0.262 e. The minimum Gasteiger partial charge on any atom is -0.497 e. The molecule has 1 N–H and O–H groups in total. The predicted octanol–water partition coefficient (Wildman–Crippen LogP) is 3.50. The van der Waals surface area contributed by atoms with E-state index >= 15 is 0 Å². The second-order valence-corrected chi connectivity index (χ2v) is 4.86. The first-order chi connectivity index (χ1) is 11.2. The first-order valence-corrected chi connectivity index (χ1v) is 7.51. The lowest BCUT2D eigenvalue weighted by atomic mass is 10.3. The Balaban J connectivity index is 1.89. The topological polar surface area (TPSA) is 56.8 Å². The highest BCUT2D eigenvalue weighted by Crippen LogP contribution is 2.24. The number of methoxy groups -OCH3 is 1. The lowest BCUT2D eigenvalue weighted by Gasteiger charge is -2.12. The van der Waals surface area contributed by atoms with Crippen LogP contribution in [0.1, 0.15) is 13.3 Å². The fourth-order valence-corrected chi connectivity index (χ4v) is 1.91. The molecule has 2 aromatic rings. The van der Waals surface area contributed by atoms with Gasteiger partial charge in [-0.1, -0.05) is 19.1 Å². The summed E-state index contributed by atoms with van der Waals surface area (Å²) in [6, 6.07) is 14.4. The van der Waals surface area contributed by atoms with Crippen LogP contribution >= 0.6 is 0 Å². The lowest BCUT2D eigenvalue weighted by Crippen LogP contribution is -2.20. The highest BCUT2D eigenvalue weighted by molar-refractivity contribution is 5.93. The number of amides is 1. The molecule has 0 aliphatic rings. The summed E-state index contributed by atoms with van der Waals surface area (Å²) in [7, 11) is 1.60. The quantitative estimate of drug-likeness (QED) is 0.810. The van der Waals surface area contributed by atoms with Gasteiger partial charge in [0.25, 0.3) is 5.91 Å². The zero-order valence-electron chi connectivity index (χ0n) is 13.4. The maximum absolute atomic E-state index is 12.0. The van der Waals surface area contributed by atoms with E-state index in [1.165, 1.54) is 0 Å². The summed E-state index contributed by atoms with van der Waals surface area (Å²) in [5, 5.41) is 2.80. The van der Waals surface area contributed by atoms with E-state index in [1.807, 2.05) is 25.1 Å². The van der Waals surface area contributed by atoms with Crippen molar-refractivity contribution in [3.8, 4) is 17.2 Å². The fraction of sp³-hybridized carbons (Fsp3) is 0.278. The summed E-state index contributed by atoms with van der Waals surface area (Å²) < 4.78 is 16.1. The Labute approximate surface area is 136 Å². The van der Waals surface area contributed by atoms with Gasteiger partial charge in [0.2, 0.25) is 0 Å². The van der Waals surface area contributed by atoms with Gasteiger partial charge < -0.3 is 19.5 Å². The number of hydrogen-bond donors (Lipinski definition) is 1. The molecule has 0 saturated heterocycles. The Kier molecular flexibility index (Phi) is 6.29. The van der Waals surface area contributed by atoms with Crippen molar-refractivity contribution in [1.29, 1.82) is 0 Å². The maximum atomic E-state index is 12.0. The molecule has 0 spiro atoms. The van der Waals surface area contributed by atoms with Crippen molar-refractivity contribution in [3.05, 3.63) is 48.5 Å². The summed E-state index contributed by atoms with van der Waals surface area (Å²) in [6.45, 7) is 2.56. The molecule has 2 rings (SSSR count). The van der Waals surface area contributed by atoms with Crippen LogP contribution in [0.4, 0.5) is 5.69 Å². The van der Waals surface area contributed by atoms with E-state index in [4.69, 9.17) is 14.2 Å². The molecule has 0 unspecified atom stereocenters. The first-order valence-electron chi connectivity index (χ1n) is 7.51. The van der Waals surface area contributed by atoms with Crippen molar-refractivity contribution in [2.75, 3.05) is 25.6 Å². The molecular weight excluding hydrogens is 294 g/mol. The monoisotopic (exact) mass is 315 g/mol. The van der Waals surface area contributed by atoms with Gasteiger partial charge in [-0.25, -0.2) is 0 Å². The SMILES string of the molecule is CCCOc1ccccc1NC(=O)COc1ccc(OC)cc1. The number of para-hydroxylation sites is 2. The summed E-state index contributed by atoms with van der Waals surface area (Å²) in [4.78, 5) is 12.0. The van der Waals surface area contributed by atoms with E-state index in [0.29, 0.717) is 23.8 Å². The maximum Gasteiger partial charge on any atom is 0.262 e. The zero-order chi connectivity index (χ0) is 16.5. The van der Waals surface area contributed by atoms with Gasteiger partial charge in [-0.2, -0.15) is 0 Å². The number of anilines is 1. The Morgan fingerprint density at radius 3 is 2.39 bits per heavy atom. The second kappa shape index (κ2) is 8.68.